The lowest BCUT2D eigenvalue weighted by atomic mass is 10.0. The van der Waals surface area contributed by atoms with Crippen molar-refractivity contribution in [3.05, 3.63) is 16.5 Å². The predicted molar refractivity (Wildman–Crippen MR) is 77.7 cm³/mol. The standard InChI is InChI=1S/C14H22ClN3O/c1-8(2)13-17-12(15)9(3)14(18-13)16-11-6-4-5-10(11)7-19/h8,10-11,19H,4-7H2,1-3H3,(H,16,17,18). The van der Waals surface area contributed by atoms with E-state index in [9.17, 15) is 5.11 Å². The van der Waals surface area contributed by atoms with Crippen molar-refractivity contribution in [3.63, 3.8) is 0 Å². The third-order valence-electron chi connectivity index (χ3n) is 3.84. The van der Waals surface area contributed by atoms with Crippen molar-refractivity contribution < 1.29 is 5.11 Å². The second-order valence-corrected chi connectivity index (χ2v) is 5.98. The minimum atomic E-state index is 0.229. The number of aliphatic hydroxyl groups excluding tert-OH is 1. The van der Waals surface area contributed by atoms with Gasteiger partial charge in [0.25, 0.3) is 0 Å². The number of anilines is 1. The van der Waals surface area contributed by atoms with Gasteiger partial charge in [0.15, 0.2) is 0 Å². The quantitative estimate of drug-likeness (QED) is 0.834. The molecule has 5 heteroatoms. The van der Waals surface area contributed by atoms with Gasteiger partial charge >= 0.3 is 0 Å². The van der Waals surface area contributed by atoms with Crippen LogP contribution in [0.5, 0.6) is 0 Å². The number of nitrogens with one attached hydrogen (secondary N) is 1. The van der Waals surface area contributed by atoms with E-state index in [4.69, 9.17) is 11.6 Å². The summed E-state index contributed by atoms with van der Waals surface area (Å²) < 4.78 is 0. The van der Waals surface area contributed by atoms with Crippen molar-refractivity contribution in [1.29, 1.82) is 0 Å². The smallest absolute Gasteiger partial charge is 0.137 e. The summed E-state index contributed by atoms with van der Waals surface area (Å²) in [5, 5.41) is 13.3. The van der Waals surface area contributed by atoms with Crippen LogP contribution in [-0.2, 0) is 0 Å². The Bertz CT molecular complexity index is 451. The Labute approximate surface area is 119 Å². The topological polar surface area (TPSA) is 58.0 Å². The molecule has 1 saturated carbocycles. The summed E-state index contributed by atoms with van der Waals surface area (Å²) in [5.41, 5.74) is 0.884. The maximum Gasteiger partial charge on any atom is 0.137 e. The predicted octanol–water partition coefficient (Wildman–Crippen LogP) is 3.13. The van der Waals surface area contributed by atoms with Crippen LogP contribution in [0, 0.1) is 12.8 Å². The highest BCUT2D eigenvalue weighted by molar-refractivity contribution is 6.30. The molecular formula is C14H22ClN3O. The summed E-state index contributed by atoms with van der Waals surface area (Å²) in [6.45, 7) is 6.26. The molecule has 1 aliphatic rings. The summed E-state index contributed by atoms with van der Waals surface area (Å²) in [5.74, 6) is 2.14. The molecule has 19 heavy (non-hydrogen) atoms. The van der Waals surface area contributed by atoms with Crippen LogP contribution >= 0.6 is 11.6 Å². The zero-order valence-corrected chi connectivity index (χ0v) is 12.5. The number of hydrogen-bond donors (Lipinski definition) is 2. The molecule has 1 aromatic rings. The summed E-state index contributed by atoms with van der Waals surface area (Å²) >= 11 is 6.18. The molecule has 0 aromatic carbocycles. The summed E-state index contributed by atoms with van der Waals surface area (Å²) in [6, 6.07) is 0.287. The van der Waals surface area contributed by atoms with Crippen LogP contribution in [0.15, 0.2) is 0 Å². The number of hydrogen-bond acceptors (Lipinski definition) is 4. The van der Waals surface area contributed by atoms with Crippen LogP contribution in [0.4, 0.5) is 5.82 Å². The lowest BCUT2D eigenvalue weighted by molar-refractivity contribution is 0.222. The van der Waals surface area contributed by atoms with Gasteiger partial charge in [0.2, 0.25) is 0 Å². The third kappa shape index (κ3) is 3.18. The van der Waals surface area contributed by atoms with E-state index in [1.165, 1.54) is 0 Å². The molecule has 106 valence electrons. The highest BCUT2D eigenvalue weighted by atomic mass is 35.5. The minimum Gasteiger partial charge on any atom is -0.396 e. The van der Waals surface area contributed by atoms with E-state index in [0.29, 0.717) is 11.1 Å². The second-order valence-electron chi connectivity index (χ2n) is 5.63. The van der Waals surface area contributed by atoms with Gasteiger partial charge in [0.1, 0.15) is 16.8 Å². The maximum atomic E-state index is 9.38. The number of aliphatic hydroxyl groups is 1. The Balaban J connectivity index is 2.24. The molecule has 0 saturated heterocycles. The Kier molecular flexibility index (Phi) is 4.63. The van der Waals surface area contributed by atoms with Crippen LogP contribution in [0.3, 0.4) is 0 Å². The Morgan fingerprint density at radius 2 is 2.11 bits per heavy atom. The van der Waals surface area contributed by atoms with Gasteiger partial charge in [-0.05, 0) is 19.8 Å². The Morgan fingerprint density at radius 1 is 1.37 bits per heavy atom. The van der Waals surface area contributed by atoms with Crippen molar-refractivity contribution in [2.45, 2.75) is 52.0 Å². The zero-order valence-electron chi connectivity index (χ0n) is 11.8. The van der Waals surface area contributed by atoms with Crippen LogP contribution in [0.2, 0.25) is 5.15 Å². The van der Waals surface area contributed by atoms with E-state index in [2.05, 4.69) is 29.1 Å². The van der Waals surface area contributed by atoms with E-state index >= 15 is 0 Å². The summed E-state index contributed by atoms with van der Waals surface area (Å²) in [7, 11) is 0. The average Bonchev–Trinajstić information content (AvgIpc) is 2.81. The van der Waals surface area contributed by atoms with E-state index in [-0.39, 0.29) is 18.6 Å². The van der Waals surface area contributed by atoms with Gasteiger partial charge < -0.3 is 10.4 Å². The SMILES string of the molecule is Cc1c(Cl)nc(C(C)C)nc1NC1CCCC1CO. The summed E-state index contributed by atoms with van der Waals surface area (Å²) in [4.78, 5) is 8.89. The molecule has 1 fully saturated rings. The van der Waals surface area contributed by atoms with Gasteiger partial charge in [-0.25, -0.2) is 9.97 Å². The zero-order chi connectivity index (χ0) is 14.0. The lowest BCUT2D eigenvalue weighted by Gasteiger charge is -2.21. The first-order chi connectivity index (χ1) is 9.02. The lowest BCUT2D eigenvalue weighted by Crippen LogP contribution is -2.27. The second kappa shape index (κ2) is 6.06. The van der Waals surface area contributed by atoms with Gasteiger partial charge in [0.05, 0.1) is 0 Å². The van der Waals surface area contributed by atoms with Crippen molar-refractivity contribution in [2.75, 3.05) is 11.9 Å². The molecule has 2 atom stereocenters. The van der Waals surface area contributed by atoms with Gasteiger partial charge in [-0.1, -0.05) is 31.9 Å². The molecular weight excluding hydrogens is 262 g/mol. The first-order valence-corrected chi connectivity index (χ1v) is 7.32. The number of halogens is 1. The van der Waals surface area contributed by atoms with Gasteiger partial charge in [-0.3, -0.25) is 0 Å². The minimum absolute atomic E-state index is 0.229. The molecule has 1 aliphatic carbocycles. The molecule has 0 amide bonds. The molecule has 2 unspecified atom stereocenters. The third-order valence-corrected chi connectivity index (χ3v) is 4.20. The maximum absolute atomic E-state index is 9.38. The van der Waals surface area contributed by atoms with E-state index < -0.39 is 0 Å². The summed E-state index contributed by atoms with van der Waals surface area (Å²) in [6.07, 6.45) is 3.30. The molecule has 2 N–H and O–H groups in total. The van der Waals surface area contributed by atoms with E-state index in [0.717, 1.165) is 36.5 Å². The van der Waals surface area contributed by atoms with Gasteiger partial charge in [-0.2, -0.15) is 0 Å². The molecule has 0 bridgehead atoms. The number of rotatable bonds is 4. The van der Waals surface area contributed by atoms with E-state index in [1.54, 1.807) is 0 Å². The highest BCUT2D eigenvalue weighted by Crippen LogP contribution is 2.30. The van der Waals surface area contributed by atoms with Crippen LogP contribution < -0.4 is 5.32 Å². The highest BCUT2D eigenvalue weighted by Gasteiger charge is 2.27. The molecule has 1 heterocycles. The normalized spacial score (nSPS) is 23.1. The van der Waals surface area contributed by atoms with Crippen molar-refractivity contribution in [3.8, 4) is 0 Å². The number of nitrogens with zero attached hydrogens (tertiary/aromatic N) is 2. The Morgan fingerprint density at radius 3 is 2.74 bits per heavy atom. The van der Waals surface area contributed by atoms with Crippen molar-refractivity contribution in [1.82, 2.24) is 9.97 Å². The monoisotopic (exact) mass is 283 g/mol. The largest absolute Gasteiger partial charge is 0.396 e. The van der Waals surface area contributed by atoms with E-state index in [1.807, 2.05) is 6.92 Å². The Hall–Kier alpha value is -0.870. The molecule has 0 spiro atoms. The first-order valence-electron chi connectivity index (χ1n) is 6.94. The number of aromatic nitrogens is 2. The first kappa shape index (κ1) is 14.5. The van der Waals surface area contributed by atoms with Gasteiger partial charge in [-0.15, -0.1) is 0 Å². The van der Waals surface area contributed by atoms with Gasteiger partial charge in [0, 0.05) is 30.0 Å². The van der Waals surface area contributed by atoms with Crippen LogP contribution in [-0.4, -0.2) is 27.7 Å². The fourth-order valence-corrected chi connectivity index (χ4v) is 2.70. The molecule has 2 rings (SSSR count). The molecule has 0 aliphatic heterocycles. The molecule has 4 nitrogen and oxygen atoms in total. The van der Waals surface area contributed by atoms with Crippen LogP contribution in [0.25, 0.3) is 0 Å². The average molecular weight is 284 g/mol. The fraction of sp³-hybridized carbons (Fsp3) is 0.714. The molecule has 0 radical (unpaired) electrons. The van der Waals surface area contributed by atoms with Crippen molar-refractivity contribution >= 4 is 17.4 Å². The molecule has 1 aromatic heterocycles. The fourth-order valence-electron chi connectivity index (χ4n) is 2.53. The van der Waals surface area contributed by atoms with Crippen LogP contribution in [0.1, 0.15) is 50.4 Å². The van der Waals surface area contributed by atoms with Crippen molar-refractivity contribution in [2.24, 2.45) is 5.92 Å².